The first-order valence-corrected chi connectivity index (χ1v) is 9.86. The number of carbonyl (C=O) groups is 2. The lowest BCUT2D eigenvalue weighted by Gasteiger charge is -2.14. The van der Waals surface area contributed by atoms with Crippen molar-refractivity contribution in [1.29, 1.82) is 0 Å². The maximum absolute atomic E-state index is 14.6. The van der Waals surface area contributed by atoms with E-state index in [1.54, 1.807) is 61.1 Å². The molecule has 0 aliphatic carbocycles. The summed E-state index contributed by atoms with van der Waals surface area (Å²) in [5.74, 6) is 0.110. The van der Waals surface area contributed by atoms with Crippen molar-refractivity contribution in [2.24, 2.45) is 0 Å². The molecule has 1 unspecified atom stereocenters. The molecule has 8 nitrogen and oxygen atoms in total. The highest BCUT2D eigenvalue weighted by Gasteiger charge is 2.24. The molecule has 0 saturated heterocycles. The molecule has 1 atom stereocenters. The minimum atomic E-state index is -0.680. The van der Waals surface area contributed by atoms with Crippen LogP contribution < -0.4 is 15.4 Å². The molecule has 0 fully saturated rings. The van der Waals surface area contributed by atoms with E-state index in [1.807, 2.05) is 0 Å². The number of nitrogens with one attached hydrogen (secondary N) is 2. The number of halogens is 1. The molecule has 30 heavy (non-hydrogen) atoms. The van der Waals surface area contributed by atoms with E-state index < -0.39 is 23.0 Å². The lowest BCUT2D eigenvalue weighted by atomic mass is 10.2. The molecule has 0 spiro atoms. The molecule has 0 saturated carbocycles. The highest BCUT2D eigenvalue weighted by Crippen LogP contribution is 2.31. The predicted octanol–water partition coefficient (Wildman–Crippen LogP) is 3.02. The standard InChI is InChI=1S/C20H20FN5O3S/c1-12(18(27)23-19(28)22-2)30-20-25-24-17(13-8-10-14(29-3)11-9-13)26(20)16-7-5-4-6-15(16)21/h4-12H,1-3H3,(H2,22,23,27,28). The van der Waals surface area contributed by atoms with E-state index in [1.165, 1.54) is 13.1 Å². The van der Waals surface area contributed by atoms with Crippen LogP contribution in [0.2, 0.25) is 0 Å². The van der Waals surface area contributed by atoms with Gasteiger partial charge in [0.25, 0.3) is 0 Å². The van der Waals surface area contributed by atoms with Crippen LogP contribution in [0, 0.1) is 5.82 Å². The van der Waals surface area contributed by atoms with Gasteiger partial charge in [0.15, 0.2) is 11.0 Å². The van der Waals surface area contributed by atoms with Crippen molar-refractivity contribution in [2.45, 2.75) is 17.3 Å². The monoisotopic (exact) mass is 429 g/mol. The van der Waals surface area contributed by atoms with Crippen molar-refractivity contribution < 1.29 is 18.7 Å². The summed E-state index contributed by atoms with van der Waals surface area (Å²) < 4.78 is 21.4. The summed E-state index contributed by atoms with van der Waals surface area (Å²) in [5.41, 5.74) is 0.940. The first-order valence-electron chi connectivity index (χ1n) is 8.98. The van der Waals surface area contributed by atoms with E-state index in [2.05, 4.69) is 20.8 Å². The van der Waals surface area contributed by atoms with Crippen LogP contribution in [0.5, 0.6) is 5.75 Å². The number of aromatic nitrogens is 3. The van der Waals surface area contributed by atoms with E-state index in [0.29, 0.717) is 22.3 Å². The molecule has 0 radical (unpaired) electrons. The van der Waals surface area contributed by atoms with Crippen molar-refractivity contribution in [3.63, 3.8) is 0 Å². The number of imide groups is 1. The molecule has 2 aromatic carbocycles. The second-order valence-electron chi connectivity index (χ2n) is 6.15. The molecule has 1 heterocycles. The number of rotatable bonds is 6. The van der Waals surface area contributed by atoms with Gasteiger partial charge >= 0.3 is 6.03 Å². The summed E-state index contributed by atoms with van der Waals surface area (Å²) in [4.78, 5) is 23.6. The summed E-state index contributed by atoms with van der Waals surface area (Å²) >= 11 is 1.06. The molecule has 156 valence electrons. The fraction of sp³-hybridized carbons (Fsp3) is 0.200. The molecular formula is C20H20FN5O3S. The Bertz CT molecular complexity index is 1050. The molecular weight excluding hydrogens is 409 g/mol. The molecule has 0 aliphatic rings. The van der Waals surface area contributed by atoms with Gasteiger partial charge in [-0.3, -0.25) is 14.7 Å². The Morgan fingerprint density at radius 2 is 1.83 bits per heavy atom. The SMILES string of the molecule is CNC(=O)NC(=O)C(C)Sc1nnc(-c2ccc(OC)cc2)n1-c1ccccc1F. The van der Waals surface area contributed by atoms with Crippen LogP contribution >= 0.6 is 11.8 Å². The molecule has 2 N–H and O–H groups in total. The zero-order valence-electron chi connectivity index (χ0n) is 16.5. The van der Waals surface area contributed by atoms with Gasteiger partial charge in [-0.2, -0.15) is 0 Å². The Balaban J connectivity index is 2.01. The third-order valence-corrected chi connectivity index (χ3v) is 5.23. The maximum Gasteiger partial charge on any atom is 0.321 e. The minimum Gasteiger partial charge on any atom is -0.497 e. The van der Waals surface area contributed by atoms with Gasteiger partial charge < -0.3 is 10.1 Å². The molecule has 0 bridgehead atoms. The van der Waals surface area contributed by atoms with Crippen LogP contribution in [0.3, 0.4) is 0 Å². The van der Waals surface area contributed by atoms with Gasteiger partial charge in [-0.15, -0.1) is 10.2 Å². The Morgan fingerprint density at radius 1 is 1.13 bits per heavy atom. The Hall–Kier alpha value is -3.40. The quantitative estimate of drug-likeness (QED) is 0.585. The summed E-state index contributed by atoms with van der Waals surface area (Å²) in [7, 11) is 2.98. The van der Waals surface area contributed by atoms with Gasteiger partial charge in [0, 0.05) is 12.6 Å². The number of para-hydroxylation sites is 1. The highest BCUT2D eigenvalue weighted by molar-refractivity contribution is 8.00. The van der Waals surface area contributed by atoms with Crippen molar-refractivity contribution in [3.8, 4) is 22.8 Å². The van der Waals surface area contributed by atoms with Gasteiger partial charge in [-0.1, -0.05) is 23.9 Å². The van der Waals surface area contributed by atoms with Gasteiger partial charge in [-0.25, -0.2) is 9.18 Å². The third-order valence-electron chi connectivity index (χ3n) is 4.19. The van der Waals surface area contributed by atoms with Gasteiger partial charge in [0.05, 0.1) is 18.0 Å². The van der Waals surface area contributed by atoms with Gasteiger partial charge in [0.1, 0.15) is 11.6 Å². The third kappa shape index (κ3) is 4.60. The van der Waals surface area contributed by atoms with Crippen molar-refractivity contribution in [3.05, 3.63) is 54.3 Å². The summed E-state index contributed by atoms with van der Waals surface area (Å²) in [6.45, 7) is 1.62. The fourth-order valence-corrected chi connectivity index (χ4v) is 3.47. The van der Waals surface area contributed by atoms with Crippen molar-refractivity contribution in [2.75, 3.05) is 14.2 Å². The number of ether oxygens (including phenoxy) is 1. The van der Waals surface area contributed by atoms with Gasteiger partial charge in [-0.05, 0) is 43.3 Å². The fourth-order valence-electron chi connectivity index (χ4n) is 2.61. The molecule has 3 amide bonds. The summed E-state index contributed by atoms with van der Waals surface area (Å²) in [6, 6.07) is 12.7. The number of urea groups is 1. The molecule has 3 rings (SSSR count). The van der Waals surface area contributed by atoms with E-state index in [0.717, 1.165) is 11.8 Å². The second-order valence-corrected chi connectivity index (χ2v) is 7.46. The minimum absolute atomic E-state index is 0.245. The van der Waals surface area contributed by atoms with Crippen LogP contribution in [-0.2, 0) is 4.79 Å². The normalized spacial score (nSPS) is 11.6. The van der Waals surface area contributed by atoms with Crippen molar-refractivity contribution >= 4 is 23.7 Å². The van der Waals surface area contributed by atoms with Crippen LogP contribution in [-0.4, -0.2) is 46.1 Å². The number of benzene rings is 2. The summed E-state index contributed by atoms with van der Waals surface area (Å²) in [6.07, 6.45) is 0. The Labute approximate surface area is 176 Å². The number of thioether (sulfide) groups is 1. The number of carbonyl (C=O) groups excluding carboxylic acids is 2. The first-order chi connectivity index (χ1) is 14.4. The van der Waals surface area contributed by atoms with Gasteiger partial charge in [0.2, 0.25) is 5.91 Å². The first kappa shape index (κ1) is 21.3. The average Bonchev–Trinajstić information content (AvgIpc) is 3.17. The zero-order chi connectivity index (χ0) is 21.7. The van der Waals surface area contributed by atoms with Crippen LogP contribution in [0.25, 0.3) is 17.1 Å². The number of methoxy groups -OCH3 is 1. The summed E-state index contributed by atoms with van der Waals surface area (Å²) in [5, 5.41) is 12.6. The largest absolute Gasteiger partial charge is 0.497 e. The lowest BCUT2D eigenvalue weighted by molar-refractivity contribution is -0.119. The van der Waals surface area contributed by atoms with Crippen LogP contribution in [0.4, 0.5) is 9.18 Å². The van der Waals surface area contributed by atoms with E-state index in [4.69, 9.17) is 4.74 Å². The number of amides is 3. The second kappa shape index (κ2) is 9.40. The average molecular weight is 429 g/mol. The van der Waals surface area contributed by atoms with Crippen molar-refractivity contribution in [1.82, 2.24) is 25.4 Å². The Kier molecular flexibility index (Phi) is 6.68. The predicted molar refractivity (Wildman–Crippen MR) is 111 cm³/mol. The topological polar surface area (TPSA) is 98.1 Å². The zero-order valence-corrected chi connectivity index (χ0v) is 17.4. The van der Waals surface area contributed by atoms with E-state index in [9.17, 15) is 14.0 Å². The van der Waals surface area contributed by atoms with Crippen LogP contribution in [0.15, 0.2) is 53.7 Å². The molecule has 0 aliphatic heterocycles. The smallest absolute Gasteiger partial charge is 0.321 e. The molecule has 1 aromatic heterocycles. The van der Waals surface area contributed by atoms with E-state index in [-0.39, 0.29) is 5.69 Å². The highest BCUT2D eigenvalue weighted by atomic mass is 32.2. The molecule has 3 aromatic rings. The molecule has 10 heteroatoms. The Morgan fingerprint density at radius 3 is 2.47 bits per heavy atom. The van der Waals surface area contributed by atoms with Crippen LogP contribution in [0.1, 0.15) is 6.92 Å². The number of hydrogen-bond acceptors (Lipinski definition) is 6. The number of nitrogens with zero attached hydrogens (tertiary/aromatic N) is 3. The lowest BCUT2D eigenvalue weighted by Crippen LogP contribution is -2.41. The maximum atomic E-state index is 14.6. The van der Waals surface area contributed by atoms with E-state index >= 15 is 0 Å². The number of hydrogen-bond donors (Lipinski definition) is 2.